The van der Waals surface area contributed by atoms with Gasteiger partial charge in [0.2, 0.25) is 0 Å². The first-order valence-electron chi connectivity index (χ1n) is 11.2. The van der Waals surface area contributed by atoms with E-state index < -0.39 is 5.54 Å². The standard InChI is InChI=1S/C25H24N4O4/c1-25-21-18(19-13-17(33-2)9-10-20(19)27-21)11-12-28(25)24(32)29(23(25)31)16-7-3-14(4-8-16)22(30)26-15-5-6-15/h3-4,7-10,13,15,27H,5-6,11-12H2,1-2H3,(H,26,30). The summed E-state index contributed by atoms with van der Waals surface area (Å²) in [5.41, 5.74) is 2.55. The SMILES string of the molecule is COc1ccc2[nH]c3c(c2c1)CCN1C(=O)N(c2ccc(C(=O)NC4CC4)cc2)C(=O)C31C. The molecule has 2 N–H and O–H groups in total. The van der Waals surface area contributed by atoms with Gasteiger partial charge in [0.05, 0.1) is 18.5 Å². The zero-order valence-electron chi connectivity index (χ0n) is 18.5. The molecule has 3 aromatic rings. The van der Waals surface area contributed by atoms with Gasteiger partial charge in [-0.05, 0) is 74.2 Å². The van der Waals surface area contributed by atoms with E-state index in [1.807, 2.05) is 18.2 Å². The van der Waals surface area contributed by atoms with Gasteiger partial charge in [-0.15, -0.1) is 0 Å². The third kappa shape index (κ3) is 2.79. The monoisotopic (exact) mass is 444 g/mol. The molecule has 1 unspecified atom stereocenters. The first kappa shape index (κ1) is 19.8. The normalized spacial score (nSPS) is 21.9. The molecule has 33 heavy (non-hydrogen) atoms. The fourth-order valence-electron chi connectivity index (χ4n) is 5.03. The maximum Gasteiger partial charge on any atom is 0.332 e. The van der Waals surface area contributed by atoms with Crippen LogP contribution >= 0.6 is 0 Å². The Morgan fingerprint density at radius 2 is 1.91 bits per heavy atom. The third-order valence-corrected chi connectivity index (χ3v) is 7.07. The highest BCUT2D eigenvalue weighted by atomic mass is 16.5. The average molecular weight is 444 g/mol. The van der Waals surface area contributed by atoms with Crippen LogP contribution in [0.5, 0.6) is 5.75 Å². The molecule has 1 aliphatic carbocycles. The number of hydrogen-bond donors (Lipinski definition) is 2. The van der Waals surface area contributed by atoms with E-state index in [-0.39, 0.29) is 23.9 Å². The number of nitrogens with zero attached hydrogens (tertiary/aromatic N) is 2. The highest BCUT2D eigenvalue weighted by Gasteiger charge is 2.59. The minimum atomic E-state index is -1.13. The molecule has 8 heteroatoms. The van der Waals surface area contributed by atoms with Gasteiger partial charge < -0.3 is 19.9 Å². The van der Waals surface area contributed by atoms with Crippen LogP contribution in [0.15, 0.2) is 42.5 Å². The first-order valence-corrected chi connectivity index (χ1v) is 11.2. The van der Waals surface area contributed by atoms with Gasteiger partial charge in [-0.3, -0.25) is 9.59 Å². The Balaban J connectivity index is 1.37. The van der Waals surface area contributed by atoms with Crippen LogP contribution in [-0.4, -0.2) is 47.4 Å². The molecule has 6 rings (SSSR count). The Bertz CT molecular complexity index is 1320. The second-order valence-corrected chi connectivity index (χ2v) is 9.08. The topological polar surface area (TPSA) is 94.7 Å². The highest BCUT2D eigenvalue weighted by Crippen LogP contribution is 2.45. The van der Waals surface area contributed by atoms with Gasteiger partial charge in [0.15, 0.2) is 5.54 Å². The van der Waals surface area contributed by atoms with Crippen molar-refractivity contribution in [1.82, 2.24) is 15.2 Å². The number of aromatic amines is 1. The lowest BCUT2D eigenvalue weighted by Crippen LogP contribution is -2.49. The molecule has 1 saturated heterocycles. The molecule has 1 saturated carbocycles. The number of fused-ring (bicyclic) bond motifs is 5. The number of aromatic nitrogens is 1. The van der Waals surface area contributed by atoms with Crippen molar-refractivity contribution in [3.8, 4) is 5.75 Å². The van der Waals surface area contributed by atoms with Crippen molar-refractivity contribution < 1.29 is 19.1 Å². The van der Waals surface area contributed by atoms with Gasteiger partial charge in [-0.1, -0.05) is 0 Å². The van der Waals surface area contributed by atoms with Crippen molar-refractivity contribution >= 4 is 34.4 Å². The van der Waals surface area contributed by atoms with E-state index in [0.717, 1.165) is 40.8 Å². The van der Waals surface area contributed by atoms with Gasteiger partial charge in [0.1, 0.15) is 5.75 Å². The minimum absolute atomic E-state index is 0.134. The number of carbonyl (C=O) groups excluding carboxylic acids is 3. The molecule has 2 fully saturated rings. The lowest BCUT2D eigenvalue weighted by Gasteiger charge is -2.35. The van der Waals surface area contributed by atoms with Gasteiger partial charge in [0, 0.05) is 29.1 Å². The molecule has 3 heterocycles. The summed E-state index contributed by atoms with van der Waals surface area (Å²) in [6.45, 7) is 2.24. The predicted octanol–water partition coefficient (Wildman–Crippen LogP) is 3.31. The summed E-state index contributed by atoms with van der Waals surface area (Å²) in [6, 6.07) is 12.3. The largest absolute Gasteiger partial charge is 0.497 e. The lowest BCUT2D eigenvalue weighted by atomic mass is 9.87. The van der Waals surface area contributed by atoms with Crippen LogP contribution in [0.3, 0.4) is 0 Å². The second-order valence-electron chi connectivity index (χ2n) is 9.08. The number of methoxy groups -OCH3 is 1. The molecule has 4 amide bonds. The van der Waals surface area contributed by atoms with Gasteiger partial charge in [0.25, 0.3) is 11.8 Å². The molecule has 2 aliphatic heterocycles. The van der Waals surface area contributed by atoms with Crippen molar-refractivity contribution in [2.45, 2.75) is 37.8 Å². The summed E-state index contributed by atoms with van der Waals surface area (Å²) >= 11 is 0. The van der Waals surface area contributed by atoms with Crippen LogP contribution in [0, 0.1) is 0 Å². The zero-order valence-corrected chi connectivity index (χ0v) is 18.5. The van der Waals surface area contributed by atoms with Gasteiger partial charge in [-0.2, -0.15) is 0 Å². The first-order chi connectivity index (χ1) is 15.9. The number of ether oxygens (including phenoxy) is 1. The number of urea groups is 1. The fraction of sp³-hybridized carbons (Fsp3) is 0.320. The number of hydrogen-bond acceptors (Lipinski definition) is 4. The van der Waals surface area contributed by atoms with E-state index in [1.54, 1.807) is 43.2 Å². The van der Waals surface area contributed by atoms with Crippen molar-refractivity contribution in [2.75, 3.05) is 18.6 Å². The summed E-state index contributed by atoms with van der Waals surface area (Å²) in [6.07, 6.45) is 2.67. The fourth-order valence-corrected chi connectivity index (χ4v) is 5.03. The van der Waals surface area contributed by atoms with Crippen LogP contribution < -0.4 is 15.0 Å². The number of amides is 4. The second kappa shape index (κ2) is 6.84. The number of rotatable bonds is 4. The molecular weight excluding hydrogens is 420 g/mol. The molecule has 1 atom stereocenters. The Kier molecular flexibility index (Phi) is 4.11. The number of anilines is 1. The van der Waals surface area contributed by atoms with E-state index in [2.05, 4.69) is 10.3 Å². The molecule has 3 aliphatic rings. The Morgan fingerprint density at radius 1 is 1.15 bits per heavy atom. The van der Waals surface area contributed by atoms with E-state index >= 15 is 0 Å². The maximum absolute atomic E-state index is 13.7. The molecule has 8 nitrogen and oxygen atoms in total. The number of benzene rings is 2. The van der Waals surface area contributed by atoms with Crippen molar-refractivity contribution in [1.29, 1.82) is 0 Å². The molecule has 2 aromatic carbocycles. The van der Waals surface area contributed by atoms with Crippen LogP contribution in [0.25, 0.3) is 10.9 Å². The van der Waals surface area contributed by atoms with Crippen LogP contribution in [0.2, 0.25) is 0 Å². The van der Waals surface area contributed by atoms with Crippen LogP contribution in [0.1, 0.15) is 41.4 Å². The summed E-state index contributed by atoms with van der Waals surface area (Å²) in [5.74, 6) is 0.311. The predicted molar refractivity (Wildman–Crippen MR) is 122 cm³/mol. The summed E-state index contributed by atoms with van der Waals surface area (Å²) in [7, 11) is 1.63. The average Bonchev–Trinajstić information content (AvgIpc) is 3.52. The molecule has 168 valence electrons. The number of imide groups is 1. The molecular formula is C25H24N4O4. The van der Waals surface area contributed by atoms with Gasteiger partial charge >= 0.3 is 6.03 Å². The zero-order chi connectivity index (χ0) is 22.9. The smallest absolute Gasteiger partial charge is 0.332 e. The van der Waals surface area contributed by atoms with E-state index in [9.17, 15) is 14.4 Å². The van der Waals surface area contributed by atoms with Crippen molar-refractivity contribution in [3.05, 3.63) is 59.3 Å². The number of carbonyl (C=O) groups is 3. The highest BCUT2D eigenvalue weighted by molar-refractivity contribution is 6.23. The van der Waals surface area contributed by atoms with Gasteiger partial charge in [-0.25, -0.2) is 9.69 Å². The Morgan fingerprint density at radius 3 is 2.61 bits per heavy atom. The molecule has 0 radical (unpaired) electrons. The quantitative estimate of drug-likeness (QED) is 0.604. The molecule has 0 bridgehead atoms. The van der Waals surface area contributed by atoms with E-state index in [0.29, 0.717) is 24.2 Å². The molecule has 0 spiro atoms. The van der Waals surface area contributed by atoms with Crippen molar-refractivity contribution in [3.63, 3.8) is 0 Å². The molecule has 1 aromatic heterocycles. The van der Waals surface area contributed by atoms with E-state index in [4.69, 9.17) is 4.74 Å². The minimum Gasteiger partial charge on any atom is -0.497 e. The van der Waals surface area contributed by atoms with E-state index in [1.165, 1.54) is 4.90 Å². The third-order valence-electron chi connectivity index (χ3n) is 7.07. The Labute approximate surface area is 190 Å². The number of H-pyrrole nitrogens is 1. The van der Waals surface area contributed by atoms with Crippen molar-refractivity contribution in [2.24, 2.45) is 0 Å². The summed E-state index contributed by atoms with van der Waals surface area (Å²) in [5, 5.41) is 3.96. The van der Waals surface area contributed by atoms with Crippen LogP contribution in [0.4, 0.5) is 10.5 Å². The Hall–Kier alpha value is -3.81. The maximum atomic E-state index is 13.7. The number of nitrogens with one attached hydrogen (secondary N) is 2. The summed E-state index contributed by atoms with van der Waals surface area (Å²) in [4.78, 5) is 45.7. The van der Waals surface area contributed by atoms with Crippen LogP contribution in [-0.2, 0) is 16.8 Å². The summed E-state index contributed by atoms with van der Waals surface area (Å²) < 4.78 is 5.38. The lowest BCUT2D eigenvalue weighted by molar-refractivity contribution is -0.125.